The molecule has 2 atom stereocenters. The first-order chi connectivity index (χ1) is 12.2. The SMILES string of the molecule is CCC(CC)C(=O)N1c2ccccc2[C@@H](Nc2ccccc2)C[C@H]1C. The van der Waals surface area contributed by atoms with E-state index in [1.807, 2.05) is 29.2 Å². The lowest BCUT2D eigenvalue weighted by Crippen LogP contribution is -2.46. The largest absolute Gasteiger partial charge is 0.378 e. The Labute approximate surface area is 151 Å². The number of carbonyl (C=O) groups is 1. The first-order valence-electron chi connectivity index (χ1n) is 9.39. The number of carbonyl (C=O) groups excluding carboxylic acids is 1. The van der Waals surface area contributed by atoms with E-state index < -0.39 is 0 Å². The summed E-state index contributed by atoms with van der Waals surface area (Å²) >= 11 is 0. The molecule has 0 aromatic heterocycles. The minimum absolute atomic E-state index is 0.106. The highest BCUT2D eigenvalue weighted by atomic mass is 16.2. The molecule has 25 heavy (non-hydrogen) atoms. The van der Waals surface area contributed by atoms with Gasteiger partial charge in [0, 0.05) is 23.3 Å². The average Bonchev–Trinajstić information content (AvgIpc) is 2.63. The third-order valence-electron chi connectivity index (χ3n) is 5.28. The van der Waals surface area contributed by atoms with Crippen LogP contribution in [0, 0.1) is 5.92 Å². The molecule has 2 aromatic carbocycles. The van der Waals surface area contributed by atoms with Gasteiger partial charge < -0.3 is 10.2 Å². The summed E-state index contributed by atoms with van der Waals surface area (Å²) in [7, 11) is 0. The highest BCUT2D eigenvalue weighted by Crippen LogP contribution is 2.39. The minimum atomic E-state index is 0.106. The summed E-state index contributed by atoms with van der Waals surface area (Å²) in [6.45, 7) is 6.37. The van der Waals surface area contributed by atoms with Crippen LogP contribution in [0.3, 0.4) is 0 Å². The number of anilines is 2. The van der Waals surface area contributed by atoms with E-state index in [2.05, 4.69) is 56.4 Å². The smallest absolute Gasteiger partial charge is 0.230 e. The molecular weight excluding hydrogens is 308 g/mol. The van der Waals surface area contributed by atoms with Crippen LogP contribution >= 0.6 is 0 Å². The van der Waals surface area contributed by atoms with Crippen LogP contribution in [0.2, 0.25) is 0 Å². The summed E-state index contributed by atoms with van der Waals surface area (Å²) in [5.41, 5.74) is 3.39. The molecule has 1 amide bonds. The van der Waals surface area contributed by atoms with E-state index >= 15 is 0 Å². The maximum Gasteiger partial charge on any atom is 0.230 e. The molecule has 0 unspecified atom stereocenters. The second-order valence-electron chi connectivity index (χ2n) is 6.93. The molecule has 0 aliphatic carbocycles. The van der Waals surface area contributed by atoms with Crippen molar-refractivity contribution in [2.24, 2.45) is 5.92 Å². The molecule has 0 radical (unpaired) electrons. The number of para-hydroxylation sites is 2. The van der Waals surface area contributed by atoms with Crippen molar-refractivity contribution in [2.75, 3.05) is 10.2 Å². The normalized spacial score (nSPS) is 19.6. The molecule has 1 aliphatic heterocycles. The molecular formula is C22H28N2O. The Kier molecular flexibility index (Phi) is 5.42. The van der Waals surface area contributed by atoms with E-state index in [4.69, 9.17) is 0 Å². The van der Waals surface area contributed by atoms with Gasteiger partial charge in [-0.05, 0) is 49.9 Å². The number of amides is 1. The van der Waals surface area contributed by atoms with Gasteiger partial charge in [-0.1, -0.05) is 50.2 Å². The van der Waals surface area contributed by atoms with Gasteiger partial charge >= 0.3 is 0 Å². The van der Waals surface area contributed by atoms with Gasteiger partial charge in [0.1, 0.15) is 0 Å². The van der Waals surface area contributed by atoms with Crippen LogP contribution in [0.25, 0.3) is 0 Å². The van der Waals surface area contributed by atoms with Gasteiger partial charge in [-0.3, -0.25) is 4.79 Å². The summed E-state index contributed by atoms with van der Waals surface area (Å²) < 4.78 is 0. The zero-order valence-electron chi connectivity index (χ0n) is 15.4. The van der Waals surface area contributed by atoms with Gasteiger partial charge in [0.25, 0.3) is 0 Å². The highest BCUT2D eigenvalue weighted by Gasteiger charge is 2.35. The first kappa shape index (κ1) is 17.5. The fourth-order valence-electron chi connectivity index (χ4n) is 3.86. The maximum absolute atomic E-state index is 13.1. The van der Waals surface area contributed by atoms with Gasteiger partial charge in [-0.25, -0.2) is 0 Å². The number of hydrogen-bond acceptors (Lipinski definition) is 2. The molecule has 0 fully saturated rings. The van der Waals surface area contributed by atoms with Crippen molar-refractivity contribution in [1.82, 2.24) is 0 Å². The van der Waals surface area contributed by atoms with Crippen LogP contribution in [0.1, 0.15) is 51.6 Å². The Hall–Kier alpha value is -2.29. The molecule has 3 heteroatoms. The van der Waals surface area contributed by atoms with Crippen molar-refractivity contribution in [2.45, 2.75) is 52.1 Å². The Morgan fingerprint density at radius 3 is 2.40 bits per heavy atom. The molecule has 0 spiro atoms. The van der Waals surface area contributed by atoms with Crippen molar-refractivity contribution in [1.29, 1.82) is 0 Å². The number of nitrogens with one attached hydrogen (secondary N) is 1. The lowest BCUT2D eigenvalue weighted by atomic mass is 9.89. The Bertz CT molecular complexity index is 709. The van der Waals surface area contributed by atoms with Crippen molar-refractivity contribution in [3.05, 3.63) is 60.2 Å². The average molecular weight is 336 g/mol. The van der Waals surface area contributed by atoms with Crippen LogP contribution in [-0.4, -0.2) is 11.9 Å². The first-order valence-corrected chi connectivity index (χ1v) is 9.39. The third-order valence-corrected chi connectivity index (χ3v) is 5.28. The van der Waals surface area contributed by atoms with Crippen molar-refractivity contribution in [3.8, 4) is 0 Å². The van der Waals surface area contributed by atoms with Gasteiger partial charge in [-0.15, -0.1) is 0 Å². The van der Waals surface area contributed by atoms with E-state index in [0.29, 0.717) is 0 Å². The zero-order valence-corrected chi connectivity index (χ0v) is 15.4. The number of nitrogens with zero attached hydrogens (tertiary/aromatic N) is 1. The van der Waals surface area contributed by atoms with Crippen LogP contribution in [0.5, 0.6) is 0 Å². The van der Waals surface area contributed by atoms with E-state index in [-0.39, 0.29) is 23.9 Å². The Morgan fingerprint density at radius 1 is 1.08 bits per heavy atom. The summed E-state index contributed by atoms with van der Waals surface area (Å²) in [6, 6.07) is 19.0. The lowest BCUT2D eigenvalue weighted by molar-refractivity contribution is -0.123. The molecule has 1 heterocycles. The zero-order chi connectivity index (χ0) is 17.8. The summed E-state index contributed by atoms with van der Waals surface area (Å²) in [4.78, 5) is 15.1. The molecule has 0 saturated heterocycles. The van der Waals surface area contributed by atoms with Crippen molar-refractivity contribution in [3.63, 3.8) is 0 Å². The summed E-state index contributed by atoms with van der Waals surface area (Å²) in [5.74, 6) is 0.372. The fourth-order valence-corrected chi connectivity index (χ4v) is 3.86. The van der Waals surface area contributed by atoms with Crippen LogP contribution in [-0.2, 0) is 4.79 Å². The quantitative estimate of drug-likeness (QED) is 0.792. The van der Waals surface area contributed by atoms with E-state index in [0.717, 1.165) is 30.6 Å². The highest BCUT2D eigenvalue weighted by molar-refractivity contribution is 5.97. The molecule has 3 nitrogen and oxygen atoms in total. The number of rotatable bonds is 5. The lowest BCUT2D eigenvalue weighted by Gasteiger charge is -2.41. The Morgan fingerprint density at radius 2 is 1.72 bits per heavy atom. The second-order valence-corrected chi connectivity index (χ2v) is 6.93. The third kappa shape index (κ3) is 3.55. The molecule has 2 aromatic rings. The van der Waals surface area contributed by atoms with Gasteiger partial charge in [0.2, 0.25) is 5.91 Å². The molecule has 1 aliphatic rings. The molecule has 132 valence electrons. The predicted molar refractivity (Wildman–Crippen MR) is 105 cm³/mol. The Balaban J connectivity index is 1.93. The monoisotopic (exact) mass is 336 g/mol. The standard InChI is InChI=1S/C22H28N2O/c1-4-17(5-2)22(25)24-16(3)15-20(19-13-9-10-14-21(19)24)23-18-11-7-6-8-12-18/h6-14,16-17,20,23H,4-5,15H2,1-3H3/t16-,20+/m1/s1. The number of benzene rings is 2. The van der Waals surface area contributed by atoms with Crippen LogP contribution in [0.15, 0.2) is 54.6 Å². The van der Waals surface area contributed by atoms with E-state index in [1.54, 1.807) is 0 Å². The predicted octanol–water partition coefficient (Wildman–Crippen LogP) is 5.40. The fraction of sp³-hybridized carbons (Fsp3) is 0.409. The van der Waals surface area contributed by atoms with Crippen LogP contribution in [0.4, 0.5) is 11.4 Å². The molecule has 1 N–H and O–H groups in total. The number of hydrogen-bond donors (Lipinski definition) is 1. The topological polar surface area (TPSA) is 32.3 Å². The second kappa shape index (κ2) is 7.73. The van der Waals surface area contributed by atoms with Gasteiger partial charge in [0.05, 0.1) is 6.04 Å². The van der Waals surface area contributed by atoms with E-state index in [9.17, 15) is 4.79 Å². The maximum atomic E-state index is 13.1. The number of fused-ring (bicyclic) bond motifs is 1. The van der Waals surface area contributed by atoms with Gasteiger partial charge in [0.15, 0.2) is 0 Å². The summed E-state index contributed by atoms with van der Waals surface area (Å²) in [6.07, 6.45) is 2.70. The van der Waals surface area contributed by atoms with Crippen LogP contribution < -0.4 is 10.2 Å². The van der Waals surface area contributed by atoms with Gasteiger partial charge in [-0.2, -0.15) is 0 Å². The minimum Gasteiger partial charge on any atom is -0.378 e. The molecule has 0 saturated carbocycles. The summed E-state index contributed by atoms with van der Waals surface area (Å²) in [5, 5.41) is 3.65. The van der Waals surface area contributed by atoms with Crippen molar-refractivity contribution < 1.29 is 4.79 Å². The molecule has 3 rings (SSSR count). The molecule has 0 bridgehead atoms. The van der Waals surface area contributed by atoms with E-state index in [1.165, 1.54) is 5.56 Å². The van der Waals surface area contributed by atoms with Crippen molar-refractivity contribution >= 4 is 17.3 Å².